The molecule has 1 N–H and O–H groups in total. The van der Waals surface area contributed by atoms with Gasteiger partial charge in [-0.2, -0.15) is 0 Å². The molecule has 0 radical (unpaired) electrons. The van der Waals surface area contributed by atoms with Crippen LogP contribution in [-0.2, 0) is 6.42 Å². The molecule has 1 aromatic carbocycles. The van der Waals surface area contributed by atoms with E-state index in [-0.39, 0.29) is 0 Å². The second kappa shape index (κ2) is 6.05. The normalized spacial score (nSPS) is 10.6. The van der Waals surface area contributed by atoms with Crippen molar-refractivity contribution in [1.29, 1.82) is 0 Å². The van der Waals surface area contributed by atoms with E-state index in [9.17, 15) is 9.90 Å². The molecule has 0 saturated carbocycles. The third kappa shape index (κ3) is 2.82. The highest BCUT2D eigenvalue weighted by molar-refractivity contribution is 7.17. The van der Waals surface area contributed by atoms with Gasteiger partial charge in [-0.15, -0.1) is 11.3 Å². The molecule has 106 valence electrons. The Bertz CT molecular complexity index is 634. The van der Waals surface area contributed by atoms with Gasteiger partial charge in [0, 0.05) is 0 Å². The number of aromatic carboxylic acids is 1. The number of carboxylic acids is 1. The highest BCUT2D eigenvalue weighted by Gasteiger charge is 2.19. The van der Waals surface area contributed by atoms with E-state index in [0.717, 1.165) is 23.3 Å². The summed E-state index contributed by atoms with van der Waals surface area (Å²) in [4.78, 5) is 16.1. The van der Waals surface area contributed by atoms with E-state index in [0.29, 0.717) is 22.0 Å². The predicted molar refractivity (Wildman–Crippen MR) is 79.8 cm³/mol. The maximum atomic E-state index is 11.3. The molecule has 0 saturated heterocycles. The fraction of sp³-hybridized carbons (Fsp3) is 0.333. The van der Waals surface area contributed by atoms with Crippen LogP contribution in [0.1, 0.15) is 34.3 Å². The number of thiazole rings is 1. The third-order valence-corrected chi connectivity index (χ3v) is 4.08. The minimum absolute atomic E-state index is 0.324. The number of methoxy groups -OCH3 is 1. The van der Waals surface area contributed by atoms with Crippen molar-refractivity contribution in [2.45, 2.75) is 26.7 Å². The summed E-state index contributed by atoms with van der Waals surface area (Å²) in [6.45, 7) is 4.00. The first-order chi connectivity index (χ1) is 9.56. The summed E-state index contributed by atoms with van der Waals surface area (Å²) in [5, 5.41) is 9.96. The van der Waals surface area contributed by atoms with Crippen LogP contribution in [-0.4, -0.2) is 23.2 Å². The van der Waals surface area contributed by atoms with Crippen molar-refractivity contribution < 1.29 is 14.6 Å². The number of carboxylic acid groups (broad SMARTS) is 1. The smallest absolute Gasteiger partial charge is 0.347 e. The number of aromatic nitrogens is 1. The lowest BCUT2D eigenvalue weighted by molar-refractivity contribution is 0.0700. The topological polar surface area (TPSA) is 59.4 Å². The summed E-state index contributed by atoms with van der Waals surface area (Å²) < 4.78 is 5.37. The summed E-state index contributed by atoms with van der Waals surface area (Å²) in [7, 11) is 1.61. The first-order valence-corrected chi connectivity index (χ1v) is 7.26. The zero-order valence-electron chi connectivity index (χ0n) is 11.8. The molecular weight excluding hydrogens is 274 g/mol. The first-order valence-electron chi connectivity index (χ1n) is 6.44. The highest BCUT2D eigenvalue weighted by Crippen LogP contribution is 2.35. The van der Waals surface area contributed by atoms with Gasteiger partial charge in [-0.25, -0.2) is 9.78 Å². The van der Waals surface area contributed by atoms with Crippen LogP contribution in [0, 0.1) is 6.92 Å². The van der Waals surface area contributed by atoms with Crippen LogP contribution >= 0.6 is 11.3 Å². The summed E-state index contributed by atoms with van der Waals surface area (Å²) in [5.41, 5.74) is 2.59. The summed E-state index contributed by atoms with van der Waals surface area (Å²) in [5.74, 6) is -0.193. The molecule has 1 heterocycles. The van der Waals surface area contributed by atoms with Crippen molar-refractivity contribution in [3.8, 4) is 16.3 Å². The van der Waals surface area contributed by atoms with E-state index in [2.05, 4.69) is 4.98 Å². The Kier molecular flexibility index (Phi) is 4.39. The summed E-state index contributed by atoms with van der Waals surface area (Å²) >= 11 is 1.21. The van der Waals surface area contributed by atoms with Crippen LogP contribution < -0.4 is 4.74 Å². The predicted octanol–water partition coefficient (Wildman–Crippen LogP) is 3.78. The molecule has 20 heavy (non-hydrogen) atoms. The van der Waals surface area contributed by atoms with Crippen molar-refractivity contribution in [3.05, 3.63) is 34.3 Å². The maximum Gasteiger partial charge on any atom is 0.347 e. The minimum Gasteiger partial charge on any atom is -0.496 e. The Balaban J connectivity index is 2.53. The average Bonchev–Trinajstić information content (AvgIpc) is 2.83. The van der Waals surface area contributed by atoms with E-state index < -0.39 is 5.97 Å². The highest BCUT2D eigenvalue weighted by atomic mass is 32.1. The second-order valence-electron chi connectivity index (χ2n) is 4.55. The lowest BCUT2D eigenvalue weighted by atomic mass is 10.1. The SMILES string of the molecule is CCCc1nc(-c2ccc(C)cc2OC)sc1C(=O)O. The number of rotatable bonds is 5. The molecule has 0 unspecified atom stereocenters. The van der Waals surface area contributed by atoms with Crippen molar-refractivity contribution in [2.75, 3.05) is 7.11 Å². The van der Waals surface area contributed by atoms with Gasteiger partial charge < -0.3 is 9.84 Å². The van der Waals surface area contributed by atoms with Crippen molar-refractivity contribution in [3.63, 3.8) is 0 Å². The fourth-order valence-corrected chi connectivity index (χ4v) is 3.00. The molecule has 4 nitrogen and oxygen atoms in total. The van der Waals surface area contributed by atoms with E-state index in [1.807, 2.05) is 32.0 Å². The van der Waals surface area contributed by atoms with Gasteiger partial charge in [0.05, 0.1) is 18.4 Å². The zero-order chi connectivity index (χ0) is 14.7. The van der Waals surface area contributed by atoms with Crippen LogP contribution in [0.2, 0.25) is 0 Å². The molecule has 2 rings (SSSR count). The second-order valence-corrected chi connectivity index (χ2v) is 5.55. The molecule has 0 fully saturated rings. The lowest BCUT2D eigenvalue weighted by Crippen LogP contribution is -1.98. The summed E-state index contributed by atoms with van der Waals surface area (Å²) in [6.07, 6.45) is 1.54. The fourth-order valence-electron chi connectivity index (χ4n) is 2.02. The van der Waals surface area contributed by atoms with Crippen molar-refractivity contribution in [1.82, 2.24) is 4.98 Å². The molecule has 2 aromatic rings. The van der Waals surface area contributed by atoms with Gasteiger partial charge in [0.15, 0.2) is 0 Å². The molecule has 5 heteroatoms. The van der Waals surface area contributed by atoms with Gasteiger partial charge in [0.1, 0.15) is 15.6 Å². The van der Waals surface area contributed by atoms with Gasteiger partial charge in [0.2, 0.25) is 0 Å². The number of aryl methyl sites for hydroxylation is 2. The number of ether oxygens (including phenoxy) is 1. The molecule has 0 spiro atoms. The third-order valence-electron chi connectivity index (χ3n) is 2.97. The largest absolute Gasteiger partial charge is 0.496 e. The standard InChI is InChI=1S/C15H17NO3S/c1-4-5-11-13(15(17)18)20-14(16-11)10-7-6-9(2)8-12(10)19-3/h6-8H,4-5H2,1-3H3,(H,17,18). The van der Waals surface area contributed by atoms with Crippen molar-refractivity contribution >= 4 is 17.3 Å². The van der Waals surface area contributed by atoms with Crippen LogP contribution in [0.15, 0.2) is 18.2 Å². The van der Waals surface area contributed by atoms with E-state index in [1.54, 1.807) is 7.11 Å². The molecule has 0 aliphatic carbocycles. The molecule has 0 atom stereocenters. The molecular formula is C15H17NO3S. The zero-order valence-corrected chi connectivity index (χ0v) is 12.6. The first kappa shape index (κ1) is 14.5. The van der Waals surface area contributed by atoms with E-state index >= 15 is 0 Å². The average molecular weight is 291 g/mol. The minimum atomic E-state index is -0.914. The van der Waals surface area contributed by atoms with Gasteiger partial charge in [-0.1, -0.05) is 19.4 Å². The molecule has 0 aliphatic heterocycles. The Hall–Kier alpha value is -1.88. The Morgan fingerprint density at radius 3 is 2.80 bits per heavy atom. The van der Waals surface area contributed by atoms with Crippen LogP contribution in [0.5, 0.6) is 5.75 Å². The number of hydrogen-bond donors (Lipinski definition) is 1. The molecule has 0 bridgehead atoms. The van der Waals surface area contributed by atoms with Gasteiger partial charge in [-0.05, 0) is 31.0 Å². The van der Waals surface area contributed by atoms with E-state index in [4.69, 9.17) is 4.74 Å². The number of nitrogens with zero attached hydrogens (tertiary/aromatic N) is 1. The molecule has 0 aliphatic rings. The number of carbonyl (C=O) groups is 1. The Morgan fingerprint density at radius 2 is 2.20 bits per heavy atom. The van der Waals surface area contributed by atoms with Crippen LogP contribution in [0.4, 0.5) is 0 Å². The molecule has 0 amide bonds. The number of hydrogen-bond acceptors (Lipinski definition) is 4. The lowest BCUT2D eigenvalue weighted by Gasteiger charge is -2.06. The van der Waals surface area contributed by atoms with Crippen molar-refractivity contribution in [2.24, 2.45) is 0 Å². The Morgan fingerprint density at radius 1 is 1.45 bits per heavy atom. The van der Waals surface area contributed by atoms with Gasteiger partial charge in [0.25, 0.3) is 0 Å². The molecule has 1 aromatic heterocycles. The summed E-state index contributed by atoms with van der Waals surface area (Å²) in [6, 6.07) is 5.82. The van der Waals surface area contributed by atoms with Gasteiger partial charge in [-0.3, -0.25) is 0 Å². The quantitative estimate of drug-likeness (QED) is 0.910. The maximum absolute atomic E-state index is 11.3. The number of benzene rings is 1. The monoisotopic (exact) mass is 291 g/mol. The Labute approximate surface area is 122 Å². The van der Waals surface area contributed by atoms with Gasteiger partial charge >= 0.3 is 5.97 Å². The van der Waals surface area contributed by atoms with Crippen LogP contribution in [0.3, 0.4) is 0 Å². The van der Waals surface area contributed by atoms with E-state index in [1.165, 1.54) is 11.3 Å². The van der Waals surface area contributed by atoms with Crippen LogP contribution in [0.25, 0.3) is 10.6 Å².